The predicted octanol–water partition coefficient (Wildman–Crippen LogP) is 3.26. The molecule has 0 aliphatic rings. The van der Waals surface area contributed by atoms with E-state index in [1.165, 1.54) is 6.20 Å². The van der Waals surface area contributed by atoms with E-state index in [4.69, 9.17) is 4.74 Å². The third-order valence-corrected chi connectivity index (χ3v) is 2.80. The Kier molecular flexibility index (Phi) is 3.90. The SMILES string of the molecule is CCc1nc(C)ccc1Oc1ncc(C=O)cc1C. The van der Waals surface area contributed by atoms with Crippen LogP contribution < -0.4 is 4.74 Å². The Balaban J connectivity index is 2.33. The lowest BCUT2D eigenvalue weighted by Gasteiger charge is -2.11. The van der Waals surface area contributed by atoms with Gasteiger partial charge in [0.2, 0.25) is 5.88 Å². The van der Waals surface area contributed by atoms with Gasteiger partial charge in [-0.05, 0) is 38.5 Å². The standard InChI is InChI=1S/C15H16N2O2/c1-4-13-14(6-5-11(3)17-13)19-15-10(2)7-12(9-18)8-16-15/h5-9H,4H2,1-3H3. The molecule has 4 heteroatoms. The minimum atomic E-state index is 0.506. The lowest BCUT2D eigenvalue weighted by Crippen LogP contribution is -1.98. The van der Waals surface area contributed by atoms with Gasteiger partial charge >= 0.3 is 0 Å². The smallest absolute Gasteiger partial charge is 0.222 e. The van der Waals surface area contributed by atoms with Crippen LogP contribution in [0.2, 0.25) is 0 Å². The van der Waals surface area contributed by atoms with Crippen LogP contribution in [0.25, 0.3) is 0 Å². The maximum Gasteiger partial charge on any atom is 0.222 e. The second kappa shape index (κ2) is 5.61. The minimum Gasteiger partial charge on any atom is -0.437 e. The average molecular weight is 256 g/mol. The summed E-state index contributed by atoms with van der Waals surface area (Å²) >= 11 is 0. The number of nitrogens with zero attached hydrogens (tertiary/aromatic N) is 2. The number of ether oxygens (including phenoxy) is 1. The fourth-order valence-electron chi connectivity index (χ4n) is 1.80. The van der Waals surface area contributed by atoms with Gasteiger partial charge in [-0.25, -0.2) is 4.98 Å². The number of aryl methyl sites for hydroxylation is 3. The highest BCUT2D eigenvalue weighted by Crippen LogP contribution is 2.26. The van der Waals surface area contributed by atoms with Crippen molar-refractivity contribution in [3.8, 4) is 11.6 Å². The van der Waals surface area contributed by atoms with Gasteiger partial charge in [0.05, 0.1) is 5.69 Å². The van der Waals surface area contributed by atoms with E-state index in [1.807, 2.05) is 32.9 Å². The number of pyridine rings is 2. The Morgan fingerprint density at radius 1 is 1.32 bits per heavy atom. The fraction of sp³-hybridized carbons (Fsp3) is 0.267. The lowest BCUT2D eigenvalue weighted by atomic mass is 10.2. The van der Waals surface area contributed by atoms with E-state index < -0.39 is 0 Å². The molecule has 98 valence electrons. The van der Waals surface area contributed by atoms with E-state index in [0.717, 1.165) is 29.7 Å². The molecule has 19 heavy (non-hydrogen) atoms. The van der Waals surface area contributed by atoms with Crippen molar-refractivity contribution in [1.29, 1.82) is 0 Å². The van der Waals surface area contributed by atoms with Crippen molar-refractivity contribution in [2.24, 2.45) is 0 Å². The molecular formula is C15H16N2O2. The highest BCUT2D eigenvalue weighted by atomic mass is 16.5. The van der Waals surface area contributed by atoms with Crippen LogP contribution >= 0.6 is 0 Å². The number of rotatable bonds is 4. The highest BCUT2D eigenvalue weighted by Gasteiger charge is 2.09. The molecule has 0 unspecified atom stereocenters. The quantitative estimate of drug-likeness (QED) is 0.788. The molecule has 2 aromatic heterocycles. The molecule has 2 aromatic rings. The summed E-state index contributed by atoms with van der Waals surface area (Å²) in [5.74, 6) is 1.22. The Hall–Kier alpha value is -2.23. The number of aldehydes is 1. The first-order valence-electron chi connectivity index (χ1n) is 6.20. The van der Waals surface area contributed by atoms with Crippen molar-refractivity contribution < 1.29 is 9.53 Å². The molecular weight excluding hydrogens is 240 g/mol. The number of hydrogen-bond acceptors (Lipinski definition) is 4. The van der Waals surface area contributed by atoms with Crippen molar-refractivity contribution in [2.75, 3.05) is 0 Å². The van der Waals surface area contributed by atoms with Crippen molar-refractivity contribution in [3.05, 3.63) is 46.9 Å². The molecule has 0 bridgehead atoms. The van der Waals surface area contributed by atoms with E-state index in [-0.39, 0.29) is 0 Å². The molecule has 2 rings (SSSR count). The maximum absolute atomic E-state index is 10.7. The number of carbonyl (C=O) groups is 1. The molecule has 0 spiro atoms. The van der Waals surface area contributed by atoms with E-state index in [0.29, 0.717) is 17.2 Å². The van der Waals surface area contributed by atoms with Crippen LogP contribution in [0.3, 0.4) is 0 Å². The van der Waals surface area contributed by atoms with Gasteiger partial charge in [0.1, 0.15) is 0 Å². The molecule has 0 radical (unpaired) electrons. The second-order valence-corrected chi connectivity index (χ2v) is 4.36. The lowest BCUT2D eigenvalue weighted by molar-refractivity contribution is 0.112. The number of hydrogen-bond donors (Lipinski definition) is 0. The Bertz CT molecular complexity index is 609. The second-order valence-electron chi connectivity index (χ2n) is 4.36. The van der Waals surface area contributed by atoms with Crippen molar-refractivity contribution in [1.82, 2.24) is 9.97 Å². The average Bonchev–Trinajstić information content (AvgIpc) is 2.42. The van der Waals surface area contributed by atoms with Crippen LogP contribution in [0, 0.1) is 13.8 Å². The first-order chi connectivity index (χ1) is 9.13. The molecule has 0 saturated carbocycles. The van der Waals surface area contributed by atoms with Gasteiger partial charge in [-0.15, -0.1) is 0 Å². The van der Waals surface area contributed by atoms with E-state index >= 15 is 0 Å². The minimum absolute atomic E-state index is 0.506. The molecule has 0 aliphatic carbocycles. The van der Waals surface area contributed by atoms with Gasteiger partial charge in [-0.1, -0.05) is 6.92 Å². The molecule has 0 aliphatic heterocycles. The number of carbonyl (C=O) groups excluding carboxylic acids is 1. The topological polar surface area (TPSA) is 52.1 Å². The normalized spacial score (nSPS) is 10.3. The van der Waals surface area contributed by atoms with Gasteiger partial charge in [0.25, 0.3) is 0 Å². The maximum atomic E-state index is 10.7. The summed E-state index contributed by atoms with van der Waals surface area (Å²) in [6.07, 6.45) is 3.07. The first kappa shape index (κ1) is 13.2. The molecule has 0 amide bonds. The van der Waals surface area contributed by atoms with E-state index in [1.54, 1.807) is 6.07 Å². The molecule has 0 saturated heterocycles. The fourth-order valence-corrected chi connectivity index (χ4v) is 1.80. The summed E-state index contributed by atoms with van der Waals surface area (Å²) in [7, 11) is 0. The summed E-state index contributed by atoms with van der Waals surface area (Å²) in [6.45, 7) is 5.85. The molecule has 2 heterocycles. The van der Waals surface area contributed by atoms with Gasteiger partial charge in [0.15, 0.2) is 12.0 Å². The van der Waals surface area contributed by atoms with Crippen LogP contribution in [0.4, 0.5) is 0 Å². The Morgan fingerprint density at radius 2 is 2.11 bits per heavy atom. The summed E-state index contributed by atoms with van der Waals surface area (Å²) in [5, 5.41) is 0. The van der Waals surface area contributed by atoms with Gasteiger partial charge in [0, 0.05) is 23.0 Å². The zero-order valence-corrected chi connectivity index (χ0v) is 11.3. The summed E-state index contributed by atoms with van der Waals surface area (Å²) in [6, 6.07) is 5.56. The number of aromatic nitrogens is 2. The van der Waals surface area contributed by atoms with E-state index in [2.05, 4.69) is 9.97 Å². The predicted molar refractivity (Wildman–Crippen MR) is 72.8 cm³/mol. The van der Waals surface area contributed by atoms with Crippen LogP contribution in [0.15, 0.2) is 24.4 Å². The van der Waals surface area contributed by atoms with Crippen molar-refractivity contribution in [3.63, 3.8) is 0 Å². The van der Waals surface area contributed by atoms with Gasteiger partial charge in [-0.2, -0.15) is 0 Å². The highest BCUT2D eigenvalue weighted by molar-refractivity contribution is 5.74. The summed E-state index contributed by atoms with van der Waals surface area (Å²) < 4.78 is 5.80. The molecule has 0 fully saturated rings. The third-order valence-electron chi connectivity index (χ3n) is 2.80. The monoisotopic (exact) mass is 256 g/mol. The summed E-state index contributed by atoms with van der Waals surface area (Å²) in [5.41, 5.74) is 3.24. The van der Waals surface area contributed by atoms with Gasteiger partial charge in [-0.3, -0.25) is 9.78 Å². The van der Waals surface area contributed by atoms with Crippen LogP contribution in [0.1, 0.15) is 34.2 Å². The van der Waals surface area contributed by atoms with Crippen molar-refractivity contribution >= 4 is 6.29 Å². The Labute approximate surface area is 112 Å². The van der Waals surface area contributed by atoms with Crippen LogP contribution in [0.5, 0.6) is 11.6 Å². The molecule has 0 N–H and O–H groups in total. The molecule has 0 aromatic carbocycles. The van der Waals surface area contributed by atoms with Crippen molar-refractivity contribution in [2.45, 2.75) is 27.2 Å². The first-order valence-corrected chi connectivity index (χ1v) is 6.20. The third kappa shape index (κ3) is 2.96. The zero-order valence-electron chi connectivity index (χ0n) is 11.3. The van der Waals surface area contributed by atoms with Crippen LogP contribution in [-0.2, 0) is 6.42 Å². The summed E-state index contributed by atoms with van der Waals surface area (Å²) in [4.78, 5) is 19.3. The Morgan fingerprint density at radius 3 is 2.74 bits per heavy atom. The molecule has 0 atom stereocenters. The zero-order chi connectivity index (χ0) is 13.8. The largest absolute Gasteiger partial charge is 0.437 e. The van der Waals surface area contributed by atoms with E-state index in [9.17, 15) is 4.79 Å². The molecule has 4 nitrogen and oxygen atoms in total. The van der Waals surface area contributed by atoms with Crippen LogP contribution in [-0.4, -0.2) is 16.3 Å². The van der Waals surface area contributed by atoms with Gasteiger partial charge < -0.3 is 4.74 Å².